The predicted octanol–water partition coefficient (Wildman–Crippen LogP) is 2.47. The van der Waals surface area contributed by atoms with E-state index in [0.29, 0.717) is 11.4 Å². The van der Waals surface area contributed by atoms with Gasteiger partial charge in [0, 0.05) is 18.8 Å². The molecule has 0 fully saturated rings. The number of imidazole rings is 2. The fraction of sp³-hybridized carbons (Fsp3) is 0.214. The normalized spacial score (nSPS) is 11.1. The number of aromatic nitrogens is 4. The van der Waals surface area contributed by atoms with Gasteiger partial charge in [-0.15, -0.1) is 0 Å². The van der Waals surface area contributed by atoms with E-state index in [1.807, 2.05) is 36.9 Å². The van der Waals surface area contributed by atoms with Gasteiger partial charge < -0.3 is 9.55 Å². The highest BCUT2D eigenvalue weighted by Crippen LogP contribution is 2.20. The molecule has 0 aliphatic rings. The van der Waals surface area contributed by atoms with Gasteiger partial charge in [-0.3, -0.25) is 4.79 Å². The van der Waals surface area contributed by atoms with E-state index in [0.717, 1.165) is 22.6 Å². The molecule has 0 aliphatic heterocycles. The second-order valence-electron chi connectivity index (χ2n) is 4.69. The molecule has 0 bridgehead atoms. The van der Waals surface area contributed by atoms with Crippen molar-refractivity contribution in [2.24, 2.45) is 7.05 Å². The molecule has 0 unspecified atom stereocenters. The summed E-state index contributed by atoms with van der Waals surface area (Å²) in [7, 11) is 1.93. The first kappa shape index (κ1) is 11.6. The van der Waals surface area contributed by atoms with E-state index < -0.39 is 0 Å². The molecule has 0 radical (unpaired) electrons. The van der Waals surface area contributed by atoms with Crippen molar-refractivity contribution >= 4 is 16.8 Å². The van der Waals surface area contributed by atoms with Gasteiger partial charge in [-0.1, -0.05) is 0 Å². The number of Topliss-reactive ketones (excluding diaryl/α,β-unsaturated/α-hetero) is 1. The summed E-state index contributed by atoms with van der Waals surface area (Å²) in [6, 6.07) is 5.46. The molecule has 0 atom stereocenters. The SMILES string of the molecule is CC(=O)c1ccc2nc(-c3nc(C)cn3C)[nH]c2c1. The highest BCUT2D eigenvalue weighted by atomic mass is 16.1. The fourth-order valence-electron chi connectivity index (χ4n) is 2.17. The van der Waals surface area contributed by atoms with Crippen LogP contribution >= 0.6 is 0 Å². The zero-order valence-electron chi connectivity index (χ0n) is 11.1. The molecule has 0 aliphatic carbocycles. The van der Waals surface area contributed by atoms with Gasteiger partial charge in [0.05, 0.1) is 16.7 Å². The highest BCUT2D eigenvalue weighted by molar-refractivity contribution is 5.97. The van der Waals surface area contributed by atoms with Gasteiger partial charge in [0.1, 0.15) is 0 Å². The molecule has 96 valence electrons. The lowest BCUT2D eigenvalue weighted by molar-refractivity contribution is 0.101. The van der Waals surface area contributed by atoms with Crippen LogP contribution in [0.5, 0.6) is 0 Å². The number of rotatable bonds is 2. The number of ketones is 1. The van der Waals surface area contributed by atoms with Crippen molar-refractivity contribution in [1.82, 2.24) is 19.5 Å². The summed E-state index contributed by atoms with van der Waals surface area (Å²) >= 11 is 0. The molecule has 5 heteroatoms. The minimum atomic E-state index is 0.0471. The lowest BCUT2D eigenvalue weighted by atomic mass is 10.1. The second-order valence-corrected chi connectivity index (χ2v) is 4.69. The zero-order chi connectivity index (χ0) is 13.6. The van der Waals surface area contributed by atoms with Crippen molar-refractivity contribution in [3.63, 3.8) is 0 Å². The maximum absolute atomic E-state index is 11.4. The summed E-state index contributed by atoms with van der Waals surface area (Å²) < 4.78 is 1.93. The largest absolute Gasteiger partial charge is 0.335 e. The van der Waals surface area contributed by atoms with Gasteiger partial charge in [0.15, 0.2) is 17.4 Å². The Morgan fingerprint density at radius 2 is 2.11 bits per heavy atom. The molecule has 1 N–H and O–H groups in total. The quantitative estimate of drug-likeness (QED) is 0.714. The number of nitrogens with zero attached hydrogens (tertiary/aromatic N) is 3. The Bertz CT molecular complexity index is 782. The Kier molecular flexibility index (Phi) is 2.48. The molecular weight excluding hydrogens is 240 g/mol. The van der Waals surface area contributed by atoms with Crippen molar-refractivity contribution in [1.29, 1.82) is 0 Å². The third-order valence-electron chi connectivity index (χ3n) is 3.10. The number of aromatic amines is 1. The maximum atomic E-state index is 11.4. The number of fused-ring (bicyclic) bond motifs is 1. The van der Waals surface area contributed by atoms with Crippen LogP contribution in [0.3, 0.4) is 0 Å². The third-order valence-corrected chi connectivity index (χ3v) is 3.10. The van der Waals surface area contributed by atoms with Gasteiger partial charge in [-0.05, 0) is 32.0 Å². The van der Waals surface area contributed by atoms with Gasteiger partial charge in [-0.2, -0.15) is 0 Å². The summed E-state index contributed by atoms with van der Waals surface area (Å²) in [6.45, 7) is 3.50. The number of carbonyl (C=O) groups excluding carboxylic acids is 1. The molecule has 19 heavy (non-hydrogen) atoms. The monoisotopic (exact) mass is 254 g/mol. The summed E-state index contributed by atoms with van der Waals surface area (Å²) in [5, 5.41) is 0. The number of hydrogen-bond donors (Lipinski definition) is 1. The van der Waals surface area contributed by atoms with Crippen molar-refractivity contribution < 1.29 is 4.79 Å². The van der Waals surface area contributed by atoms with E-state index in [4.69, 9.17) is 0 Å². The molecule has 5 nitrogen and oxygen atoms in total. The highest BCUT2D eigenvalue weighted by Gasteiger charge is 2.11. The van der Waals surface area contributed by atoms with Crippen LogP contribution in [0.2, 0.25) is 0 Å². The average molecular weight is 254 g/mol. The van der Waals surface area contributed by atoms with E-state index >= 15 is 0 Å². The van der Waals surface area contributed by atoms with Gasteiger partial charge >= 0.3 is 0 Å². The molecule has 0 saturated heterocycles. The minimum Gasteiger partial charge on any atom is -0.335 e. The second kappa shape index (κ2) is 4.05. The Hall–Kier alpha value is -2.43. The number of carbonyl (C=O) groups is 1. The van der Waals surface area contributed by atoms with E-state index in [1.54, 1.807) is 13.0 Å². The number of benzene rings is 1. The zero-order valence-corrected chi connectivity index (χ0v) is 11.1. The first-order valence-corrected chi connectivity index (χ1v) is 6.05. The molecule has 1 aromatic carbocycles. The van der Waals surface area contributed by atoms with Gasteiger partial charge in [0.2, 0.25) is 0 Å². The molecular formula is C14H14N4O. The number of aryl methyl sites for hydroxylation is 2. The van der Waals surface area contributed by atoms with Crippen LogP contribution < -0.4 is 0 Å². The number of nitrogens with one attached hydrogen (secondary N) is 1. The third kappa shape index (κ3) is 1.93. The van der Waals surface area contributed by atoms with E-state index in [9.17, 15) is 4.79 Å². The van der Waals surface area contributed by atoms with Crippen LogP contribution in [0.15, 0.2) is 24.4 Å². The van der Waals surface area contributed by atoms with Crippen molar-refractivity contribution in [2.75, 3.05) is 0 Å². The predicted molar refractivity (Wildman–Crippen MR) is 73.0 cm³/mol. The molecule has 3 rings (SSSR count). The lowest BCUT2D eigenvalue weighted by Crippen LogP contribution is -1.92. The number of H-pyrrole nitrogens is 1. The molecule has 2 aromatic heterocycles. The molecule has 0 saturated carbocycles. The Morgan fingerprint density at radius 1 is 1.32 bits per heavy atom. The van der Waals surface area contributed by atoms with Crippen molar-refractivity contribution in [3.8, 4) is 11.6 Å². The lowest BCUT2D eigenvalue weighted by Gasteiger charge is -1.95. The molecule has 0 amide bonds. The van der Waals surface area contributed by atoms with E-state index in [-0.39, 0.29) is 5.78 Å². The van der Waals surface area contributed by atoms with Crippen LogP contribution in [0.25, 0.3) is 22.7 Å². The smallest absolute Gasteiger partial charge is 0.176 e. The van der Waals surface area contributed by atoms with E-state index in [2.05, 4.69) is 15.0 Å². The topological polar surface area (TPSA) is 63.6 Å². The van der Waals surface area contributed by atoms with Gasteiger partial charge in [0.25, 0.3) is 0 Å². The fourth-order valence-corrected chi connectivity index (χ4v) is 2.17. The van der Waals surface area contributed by atoms with Crippen LogP contribution in [-0.2, 0) is 7.05 Å². The Labute approximate surface area is 110 Å². The van der Waals surface area contributed by atoms with Crippen molar-refractivity contribution in [2.45, 2.75) is 13.8 Å². The Morgan fingerprint density at radius 3 is 2.74 bits per heavy atom. The molecule has 2 heterocycles. The summed E-state index contributed by atoms with van der Waals surface area (Å²) in [5.74, 6) is 1.55. The van der Waals surface area contributed by atoms with Crippen LogP contribution in [0, 0.1) is 6.92 Å². The molecule has 3 aromatic rings. The minimum absolute atomic E-state index is 0.0471. The van der Waals surface area contributed by atoms with Gasteiger partial charge in [-0.25, -0.2) is 9.97 Å². The van der Waals surface area contributed by atoms with E-state index in [1.165, 1.54) is 0 Å². The number of hydrogen-bond acceptors (Lipinski definition) is 3. The standard InChI is InChI=1S/C14H14N4O/c1-8-7-18(3)14(15-8)13-16-11-5-4-10(9(2)19)6-12(11)17-13/h4-7H,1-3H3,(H,16,17). The average Bonchev–Trinajstić information content (AvgIpc) is 2.90. The Balaban J connectivity index is 2.16. The summed E-state index contributed by atoms with van der Waals surface area (Å²) in [4.78, 5) is 23.5. The van der Waals surface area contributed by atoms with Crippen LogP contribution in [-0.4, -0.2) is 25.3 Å². The van der Waals surface area contributed by atoms with Crippen molar-refractivity contribution in [3.05, 3.63) is 35.7 Å². The van der Waals surface area contributed by atoms with Crippen LogP contribution in [0.1, 0.15) is 23.0 Å². The summed E-state index contributed by atoms with van der Waals surface area (Å²) in [6.07, 6.45) is 1.95. The maximum Gasteiger partial charge on any atom is 0.176 e. The summed E-state index contributed by atoms with van der Waals surface area (Å²) in [5.41, 5.74) is 3.31. The first-order chi connectivity index (χ1) is 9.04. The van der Waals surface area contributed by atoms with Crippen LogP contribution in [0.4, 0.5) is 0 Å². The first-order valence-electron chi connectivity index (χ1n) is 6.05. The molecule has 0 spiro atoms.